The highest BCUT2D eigenvalue weighted by Crippen LogP contribution is 2.26. The summed E-state index contributed by atoms with van der Waals surface area (Å²) in [5, 5.41) is 13.1. The normalized spacial score (nSPS) is 12.8. The number of rotatable bonds is 6. The molecule has 27 heavy (non-hydrogen) atoms. The lowest BCUT2D eigenvalue weighted by Crippen LogP contribution is -2.39. The van der Waals surface area contributed by atoms with Gasteiger partial charge in [0.1, 0.15) is 6.10 Å². The third kappa shape index (κ3) is 5.06. The summed E-state index contributed by atoms with van der Waals surface area (Å²) < 4.78 is 0. The van der Waals surface area contributed by atoms with E-state index in [0.717, 1.165) is 16.7 Å². The highest BCUT2D eigenvalue weighted by atomic mass is 32.2. The van der Waals surface area contributed by atoms with Crippen LogP contribution < -0.4 is 5.32 Å². The first kappa shape index (κ1) is 18.9. The van der Waals surface area contributed by atoms with Gasteiger partial charge in [-0.05, 0) is 41.6 Å². The van der Waals surface area contributed by atoms with Gasteiger partial charge in [0, 0.05) is 10.5 Å². The van der Waals surface area contributed by atoms with Gasteiger partial charge >= 0.3 is 0 Å². The van der Waals surface area contributed by atoms with Crippen LogP contribution >= 0.6 is 11.8 Å². The molecule has 0 saturated heterocycles. The van der Waals surface area contributed by atoms with E-state index in [1.165, 1.54) is 0 Å². The van der Waals surface area contributed by atoms with Gasteiger partial charge in [0.05, 0.1) is 6.04 Å². The summed E-state index contributed by atoms with van der Waals surface area (Å²) in [5.41, 5.74) is 1.13. The van der Waals surface area contributed by atoms with Crippen LogP contribution in [0, 0.1) is 0 Å². The van der Waals surface area contributed by atoms with Gasteiger partial charge in [-0.1, -0.05) is 66.7 Å². The second-order valence-electron chi connectivity index (χ2n) is 5.91. The number of hydrogen-bond donors (Lipinski definition) is 2. The van der Waals surface area contributed by atoms with E-state index in [0.29, 0.717) is 11.1 Å². The Bertz CT molecular complexity index is 885. The number of aliphatic hydroxyl groups is 1. The molecule has 0 aliphatic heterocycles. The number of benzene rings is 3. The van der Waals surface area contributed by atoms with Crippen molar-refractivity contribution in [2.45, 2.75) is 17.0 Å². The maximum atomic E-state index is 12.6. The first-order chi connectivity index (χ1) is 13.1. The Balaban J connectivity index is 1.81. The zero-order chi connectivity index (χ0) is 19.1. The lowest BCUT2D eigenvalue weighted by molar-refractivity contribution is -0.119. The van der Waals surface area contributed by atoms with Gasteiger partial charge in [0.2, 0.25) is 5.12 Å². The van der Waals surface area contributed by atoms with Crippen molar-refractivity contribution >= 4 is 22.8 Å². The van der Waals surface area contributed by atoms with Crippen molar-refractivity contribution < 1.29 is 14.7 Å². The molecule has 2 unspecified atom stereocenters. The predicted molar refractivity (Wildman–Crippen MR) is 106 cm³/mol. The molecule has 1 amide bonds. The molecule has 2 N–H and O–H groups in total. The molecule has 4 nitrogen and oxygen atoms in total. The largest absolute Gasteiger partial charge is 0.382 e. The minimum absolute atomic E-state index is 0.346. The van der Waals surface area contributed by atoms with Crippen molar-refractivity contribution in [2.24, 2.45) is 0 Å². The van der Waals surface area contributed by atoms with Crippen molar-refractivity contribution in [3.05, 3.63) is 102 Å². The molecule has 136 valence electrons. The molecule has 0 bridgehead atoms. The average Bonchev–Trinajstić information content (AvgIpc) is 2.73. The zero-order valence-corrected chi connectivity index (χ0v) is 15.3. The van der Waals surface area contributed by atoms with Gasteiger partial charge < -0.3 is 10.4 Å². The fourth-order valence-electron chi connectivity index (χ4n) is 2.62. The minimum atomic E-state index is -1.38. The molecule has 3 aromatic rings. The molecule has 0 radical (unpaired) electrons. The van der Waals surface area contributed by atoms with Crippen LogP contribution in [0.3, 0.4) is 0 Å². The van der Waals surface area contributed by atoms with Crippen molar-refractivity contribution in [2.75, 3.05) is 0 Å². The Morgan fingerprint density at radius 2 is 1.30 bits per heavy atom. The fraction of sp³-hybridized carbons (Fsp3) is 0.0909. The van der Waals surface area contributed by atoms with Crippen molar-refractivity contribution in [1.82, 2.24) is 5.32 Å². The Kier molecular flexibility index (Phi) is 6.41. The standard InChI is InChI=1S/C22H19NO3S/c24-20(22(26)27-18-14-8-3-9-15-18)19(16-10-4-1-5-11-16)23-21(25)17-12-6-2-7-13-17/h1-15,19-20,24H,(H,23,25). The van der Waals surface area contributed by atoms with Crippen LogP contribution in [0.5, 0.6) is 0 Å². The summed E-state index contributed by atoms with van der Waals surface area (Å²) in [6.45, 7) is 0. The highest BCUT2D eigenvalue weighted by molar-refractivity contribution is 8.13. The molecule has 0 spiro atoms. The molecule has 2 atom stereocenters. The van der Waals surface area contributed by atoms with Gasteiger partial charge in [-0.3, -0.25) is 9.59 Å². The van der Waals surface area contributed by atoms with Crippen LogP contribution in [-0.4, -0.2) is 22.2 Å². The van der Waals surface area contributed by atoms with Gasteiger partial charge in [0.15, 0.2) is 0 Å². The fourth-order valence-corrected chi connectivity index (χ4v) is 3.40. The second kappa shape index (κ2) is 9.16. The lowest BCUT2D eigenvalue weighted by atomic mass is 10.0. The summed E-state index contributed by atoms with van der Waals surface area (Å²) in [7, 11) is 0. The van der Waals surface area contributed by atoms with Crippen LogP contribution in [-0.2, 0) is 4.79 Å². The highest BCUT2D eigenvalue weighted by Gasteiger charge is 2.29. The lowest BCUT2D eigenvalue weighted by Gasteiger charge is -2.23. The summed E-state index contributed by atoms with van der Waals surface area (Å²) in [4.78, 5) is 25.9. The third-order valence-electron chi connectivity index (χ3n) is 4.00. The molecule has 0 aliphatic rings. The van der Waals surface area contributed by atoms with Crippen LogP contribution in [0.15, 0.2) is 95.9 Å². The van der Waals surface area contributed by atoms with Crippen molar-refractivity contribution in [3.63, 3.8) is 0 Å². The SMILES string of the molecule is O=C(NC(c1ccccc1)C(O)C(=O)Sc1ccccc1)c1ccccc1. The first-order valence-electron chi connectivity index (χ1n) is 8.51. The molecule has 3 rings (SSSR count). The average molecular weight is 377 g/mol. The van der Waals surface area contributed by atoms with Gasteiger partial charge in [-0.25, -0.2) is 0 Å². The Labute approximate surface area is 162 Å². The Hall–Kier alpha value is -2.89. The van der Waals surface area contributed by atoms with Crippen LogP contribution in [0.4, 0.5) is 0 Å². The number of carbonyl (C=O) groups is 2. The zero-order valence-electron chi connectivity index (χ0n) is 14.5. The first-order valence-corrected chi connectivity index (χ1v) is 9.32. The summed E-state index contributed by atoms with van der Waals surface area (Å²) in [6, 6.07) is 26.0. The molecule has 0 aromatic heterocycles. The minimum Gasteiger partial charge on any atom is -0.382 e. The topological polar surface area (TPSA) is 66.4 Å². The third-order valence-corrected chi connectivity index (χ3v) is 4.95. The van der Waals surface area contributed by atoms with E-state index in [2.05, 4.69) is 5.32 Å². The van der Waals surface area contributed by atoms with E-state index in [1.54, 1.807) is 60.7 Å². The van der Waals surface area contributed by atoms with Gasteiger partial charge in [0.25, 0.3) is 5.91 Å². The molecular weight excluding hydrogens is 358 g/mol. The predicted octanol–water partition coefficient (Wildman–Crippen LogP) is 3.84. The molecule has 0 saturated carbocycles. The van der Waals surface area contributed by atoms with E-state index in [9.17, 15) is 14.7 Å². The second-order valence-corrected chi connectivity index (χ2v) is 6.98. The van der Waals surface area contributed by atoms with E-state index >= 15 is 0 Å². The molecule has 0 aliphatic carbocycles. The molecule has 5 heteroatoms. The molecule has 3 aromatic carbocycles. The monoisotopic (exact) mass is 377 g/mol. The molecule has 0 fully saturated rings. The van der Waals surface area contributed by atoms with Crippen LogP contribution in [0.25, 0.3) is 0 Å². The summed E-state index contributed by atoms with van der Waals surface area (Å²) in [6.07, 6.45) is -1.38. The summed E-state index contributed by atoms with van der Waals surface area (Å²) >= 11 is 0.957. The van der Waals surface area contributed by atoms with Crippen molar-refractivity contribution in [1.29, 1.82) is 0 Å². The quantitative estimate of drug-likeness (QED) is 0.641. The number of carbonyl (C=O) groups excluding carboxylic acids is 2. The maximum Gasteiger partial charge on any atom is 0.251 e. The number of aliphatic hydroxyl groups excluding tert-OH is 1. The number of nitrogens with one attached hydrogen (secondary N) is 1. The van der Waals surface area contributed by atoms with Crippen molar-refractivity contribution in [3.8, 4) is 0 Å². The Morgan fingerprint density at radius 3 is 1.89 bits per heavy atom. The van der Waals surface area contributed by atoms with Crippen LogP contribution in [0.2, 0.25) is 0 Å². The maximum absolute atomic E-state index is 12.6. The number of thioether (sulfide) groups is 1. The van der Waals surface area contributed by atoms with Gasteiger partial charge in [-0.2, -0.15) is 0 Å². The molecule has 0 heterocycles. The number of amides is 1. The number of hydrogen-bond acceptors (Lipinski definition) is 4. The van der Waals surface area contributed by atoms with E-state index in [-0.39, 0.29) is 5.91 Å². The van der Waals surface area contributed by atoms with E-state index < -0.39 is 17.3 Å². The summed E-state index contributed by atoms with van der Waals surface area (Å²) in [5.74, 6) is -0.346. The molecular formula is C22H19NO3S. The van der Waals surface area contributed by atoms with Gasteiger partial charge in [-0.15, -0.1) is 0 Å². The Morgan fingerprint density at radius 1 is 0.778 bits per heavy atom. The van der Waals surface area contributed by atoms with E-state index in [1.807, 2.05) is 30.3 Å². The van der Waals surface area contributed by atoms with Crippen LogP contribution in [0.1, 0.15) is 22.0 Å². The smallest absolute Gasteiger partial charge is 0.251 e. The van der Waals surface area contributed by atoms with E-state index in [4.69, 9.17) is 0 Å².